The van der Waals surface area contributed by atoms with Gasteiger partial charge in [0.2, 0.25) is 19.7 Å². The first kappa shape index (κ1) is 33.7. The molecule has 6 aromatic carbocycles. The molecule has 0 fully saturated rings. The van der Waals surface area contributed by atoms with Crippen molar-refractivity contribution in [2.45, 2.75) is 31.4 Å². The number of sulfone groups is 3. The lowest BCUT2D eigenvalue weighted by Gasteiger charge is -2.10. The summed E-state index contributed by atoms with van der Waals surface area (Å²) < 4.78 is 88.1. The third-order valence-corrected chi connectivity index (χ3v) is 12.4. The number of benzene rings is 6. The van der Waals surface area contributed by atoms with Gasteiger partial charge < -0.3 is 9.47 Å². The van der Waals surface area contributed by atoms with E-state index in [-0.39, 0.29) is 24.5 Å². The van der Waals surface area contributed by atoms with Crippen molar-refractivity contribution in [3.05, 3.63) is 151 Å². The molecular formula is C38H30O8S3. The molecule has 0 aliphatic heterocycles. The van der Waals surface area contributed by atoms with Gasteiger partial charge in [0.15, 0.2) is 9.84 Å². The van der Waals surface area contributed by atoms with Crippen molar-refractivity contribution in [1.29, 1.82) is 0 Å². The van der Waals surface area contributed by atoms with Gasteiger partial charge in [-0.05, 0) is 127 Å². The Morgan fingerprint density at radius 2 is 0.592 bits per heavy atom. The average molecular weight is 711 g/mol. The Morgan fingerprint density at radius 3 is 0.878 bits per heavy atom. The van der Waals surface area contributed by atoms with E-state index in [2.05, 4.69) is 0 Å². The highest BCUT2D eigenvalue weighted by Crippen LogP contribution is 2.31. The molecule has 0 amide bonds. The van der Waals surface area contributed by atoms with Crippen molar-refractivity contribution in [3.63, 3.8) is 0 Å². The van der Waals surface area contributed by atoms with E-state index in [1.807, 2.05) is 31.2 Å². The zero-order valence-electron chi connectivity index (χ0n) is 26.3. The van der Waals surface area contributed by atoms with Gasteiger partial charge in [-0.15, -0.1) is 0 Å². The van der Waals surface area contributed by atoms with Crippen molar-refractivity contribution in [2.24, 2.45) is 0 Å². The summed E-state index contributed by atoms with van der Waals surface area (Å²) in [4.78, 5) is 0.592. The molecule has 0 saturated heterocycles. The number of ether oxygens (including phenoxy) is 2. The second kappa shape index (κ2) is 13.3. The summed E-state index contributed by atoms with van der Waals surface area (Å²) in [5.74, 6) is 1.96. The van der Waals surface area contributed by atoms with E-state index < -0.39 is 29.5 Å². The molecule has 0 spiro atoms. The van der Waals surface area contributed by atoms with Gasteiger partial charge in [0.25, 0.3) is 0 Å². The minimum Gasteiger partial charge on any atom is -0.457 e. The Kier molecular flexibility index (Phi) is 9.17. The predicted octanol–water partition coefficient (Wildman–Crippen LogP) is 8.32. The lowest BCUT2D eigenvalue weighted by molar-refractivity contribution is 0.481. The van der Waals surface area contributed by atoms with Crippen LogP contribution in [0.4, 0.5) is 0 Å². The SMILES string of the molecule is Cc1ccc(Oc2ccc(S(=O)(=O)c3ccc(-c4ccc(S(=O)(=O)c5ccc(Oc6ccc(S(C)(=O)=O)cc6)cc5)cc4)cc3)cc2)cc1. The Hall–Kier alpha value is -5.23. The van der Waals surface area contributed by atoms with Crippen LogP contribution in [0.2, 0.25) is 0 Å². The van der Waals surface area contributed by atoms with Crippen LogP contribution in [-0.4, -0.2) is 31.5 Å². The van der Waals surface area contributed by atoms with E-state index in [0.29, 0.717) is 28.6 Å². The summed E-state index contributed by atoms with van der Waals surface area (Å²) in [6.07, 6.45) is 1.12. The zero-order chi connectivity index (χ0) is 34.8. The van der Waals surface area contributed by atoms with Gasteiger partial charge in [0.05, 0.1) is 24.5 Å². The maximum Gasteiger partial charge on any atom is 0.206 e. The molecule has 248 valence electrons. The largest absolute Gasteiger partial charge is 0.457 e. The maximum atomic E-state index is 13.3. The molecule has 0 atom stereocenters. The molecule has 0 radical (unpaired) electrons. The fourth-order valence-electron chi connectivity index (χ4n) is 4.93. The molecule has 0 heterocycles. The third kappa shape index (κ3) is 7.59. The van der Waals surface area contributed by atoms with E-state index in [4.69, 9.17) is 9.47 Å². The summed E-state index contributed by atoms with van der Waals surface area (Å²) >= 11 is 0. The van der Waals surface area contributed by atoms with E-state index in [1.165, 1.54) is 84.9 Å². The topological polar surface area (TPSA) is 121 Å². The van der Waals surface area contributed by atoms with E-state index in [1.54, 1.807) is 36.4 Å². The van der Waals surface area contributed by atoms with Gasteiger partial charge in [-0.3, -0.25) is 0 Å². The van der Waals surface area contributed by atoms with Crippen molar-refractivity contribution < 1.29 is 34.7 Å². The second-order valence-electron chi connectivity index (χ2n) is 11.3. The van der Waals surface area contributed by atoms with Crippen LogP contribution < -0.4 is 9.47 Å². The second-order valence-corrected chi connectivity index (χ2v) is 17.2. The Labute approximate surface area is 286 Å². The number of hydrogen-bond donors (Lipinski definition) is 0. The quantitative estimate of drug-likeness (QED) is 0.139. The van der Waals surface area contributed by atoms with Crippen LogP contribution >= 0.6 is 0 Å². The highest BCUT2D eigenvalue weighted by molar-refractivity contribution is 7.92. The fourth-order valence-corrected chi connectivity index (χ4v) is 8.08. The molecule has 8 nitrogen and oxygen atoms in total. The van der Waals surface area contributed by atoms with Crippen LogP contribution in [0.3, 0.4) is 0 Å². The molecule has 0 N–H and O–H groups in total. The van der Waals surface area contributed by atoms with Crippen molar-refractivity contribution in [1.82, 2.24) is 0 Å². The van der Waals surface area contributed by atoms with E-state index >= 15 is 0 Å². The van der Waals surface area contributed by atoms with Crippen LogP contribution in [0, 0.1) is 6.92 Å². The van der Waals surface area contributed by atoms with Crippen molar-refractivity contribution in [2.75, 3.05) is 6.26 Å². The van der Waals surface area contributed by atoms with Gasteiger partial charge in [0.1, 0.15) is 23.0 Å². The van der Waals surface area contributed by atoms with Crippen molar-refractivity contribution in [3.8, 4) is 34.1 Å². The first-order chi connectivity index (χ1) is 23.3. The summed E-state index contributed by atoms with van der Waals surface area (Å²) in [5.41, 5.74) is 2.54. The molecule has 0 aromatic heterocycles. The Morgan fingerprint density at radius 1 is 0.347 bits per heavy atom. The zero-order valence-corrected chi connectivity index (χ0v) is 28.8. The fraction of sp³-hybridized carbons (Fsp3) is 0.0526. The molecule has 49 heavy (non-hydrogen) atoms. The third-order valence-electron chi connectivity index (χ3n) is 7.67. The lowest BCUT2D eigenvalue weighted by atomic mass is 10.1. The highest BCUT2D eigenvalue weighted by atomic mass is 32.2. The number of hydrogen-bond acceptors (Lipinski definition) is 8. The standard InChI is InChI=1S/C38H30O8S3/c1-27-3-9-30(10-4-27)45-32-13-23-37(24-14-32)48(41,42)35-17-5-28(6-18-35)29-7-19-36(20-8-29)49(43,44)38-25-15-33(16-26-38)46-31-11-21-34(22-12-31)47(2,39)40/h3-26H,1-2H3. The van der Waals surface area contributed by atoms with Crippen LogP contribution in [0.15, 0.2) is 170 Å². The summed E-state index contributed by atoms with van der Waals surface area (Å²) in [6, 6.07) is 38.4. The summed E-state index contributed by atoms with van der Waals surface area (Å²) in [7, 11) is -11.0. The highest BCUT2D eigenvalue weighted by Gasteiger charge is 2.20. The molecule has 0 unspecified atom stereocenters. The molecule has 0 bridgehead atoms. The molecule has 11 heteroatoms. The van der Waals surface area contributed by atoms with Gasteiger partial charge in [0, 0.05) is 6.26 Å². The van der Waals surface area contributed by atoms with E-state index in [0.717, 1.165) is 17.4 Å². The first-order valence-corrected chi connectivity index (χ1v) is 19.8. The van der Waals surface area contributed by atoms with Crippen LogP contribution in [0.25, 0.3) is 11.1 Å². The summed E-state index contributed by atoms with van der Waals surface area (Å²) in [5, 5.41) is 0. The monoisotopic (exact) mass is 710 g/mol. The Bertz CT molecular complexity index is 2420. The van der Waals surface area contributed by atoms with Crippen molar-refractivity contribution >= 4 is 29.5 Å². The minimum atomic E-state index is -3.84. The molecule has 0 aliphatic carbocycles. The number of aryl methyl sites for hydroxylation is 1. The maximum absolute atomic E-state index is 13.3. The molecule has 6 rings (SSSR count). The van der Waals surface area contributed by atoms with E-state index in [9.17, 15) is 25.3 Å². The molecule has 0 aliphatic rings. The van der Waals surface area contributed by atoms with Gasteiger partial charge in [-0.25, -0.2) is 25.3 Å². The normalized spacial score (nSPS) is 12.0. The van der Waals surface area contributed by atoms with Gasteiger partial charge in [-0.1, -0.05) is 42.0 Å². The van der Waals surface area contributed by atoms with Crippen LogP contribution in [0.1, 0.15) is 5.56 Å². The number of rotatable bonds is 10. The molecule has 6 aromatic rings. The molecule has 0 saturated carbocycles. The lowest BCUT2D eigenvalue weighted by Crippen LogP contribution is -2.02. The average Bonchev–Trinajstić information content (AvgIpc) is 3.10. The van der Waals surface area contributed by atoms with Crippen LogP contribution in [-0.2, 0) is 29.5 Å². The van der Waals surface area contributed by atoms with Gasteiger partial charge in [-0.2, -0.15) is 0 Å². The minimum absolute atomic E-state index is 0.0735. The smallest absolute Gasteiger partial charge is 0.206 e. The van der Waals surface area contributed by atoms with Crippen LogP contribution in [0.5, 0.6) is 23.0 Å². The summed E-state index contributed by atoms with van der Waals surface area (Å²) in [6.45, 7) is 1.98. The molecular weight excluding hydrogens is 681 g/mol. The Balaban J connectivity index is 1.12. The first-order valence-electron chi connectivity index (χ1n) is 14.9. The predicted molar refractivity (Wildman–Crippen MR) is 187 cm³/mol. The van der Waals surface area contributed by atoms with Gasteiger partial charge >= 0.3 is 0 Å².